The molecule has 5 atom stereocenters. The Labute approximate surface area is 170 Å². The Morgan fingerprint density at radius 1 is 1.32 bits per heavy atom. The molecule has 0 radical (unpaired) electrons. The van der Waals surface area contributed by atoms with Gasteiger partial charge in [0, 0.05) is 32.0 Å². The van der Waals surface area contributed by atoms with E-state index in [-0.39, 0.29) is 12.0 Å². The molecule has 2 aliphatic carbocycles. The summed E-state index contributed by atoms with van der Waals surface area (Å²) >= 11 is 0. The first-order valence-corrected chi connectivity index (χ1v) is 10.6. The van der Waals surface area contributed by atoms with Crippen LogP contribution in [0.4, 0.5) is 0 Å². The third kappa shape index (κ3) is 5.77. The van der Waals surface area contributed by atoms with Crippen LogP contribution in [0.2, 0.25) is 0 Å². The van der Waals surface area contributed by atoms with E-state index in [0.29, 0.717) is 18.3 Å². The molecule has 1 fully saturated rings. The minimum atomic E-state index is -0.505. The lowest BCUT2D eigenvalue weighted by molar-refractivity contribution is 0.140. The van der Waals surface area contributed by atoms with Crippen molar-refractivity contribution in [2.45, 2.75) is 38.4 Å². The van der Waals surface area contributed by atoms with Gasteiger partial charge in [-0.15, -0.1) is 0 Å². The van der Waals surface area contributed by atoms with Crippen LogP contribution >= 0.6 is 0 Å². The maximum Gasteiger partial charge on any atom is 0.0761 e. The molecule has 3 N–H and O–H groups in total. The number of aliphatic hydroxyl groups is 2. The minimum absolute atomic E-state index is 0.146. The molecule has 1 saturated carbocycles. The molecule has 0 heterocycles. The predicted octanol–water partition coefficient (Wildman–Crippen LogP) is 2.55. The number of nitrogens with one attached hydrogen (secondary N) is 1. The van der Waals surface area contributed by atoms with Gasteiger partial charge in [-0.05, 0) is 51.3 Å². The van der Waals surface area contributed by atoms with Crippen LogP contribution < -0.4 is 5.32 Å². The molecule has 1 aromatic rings. The van der Waals surface area contributed by atoms with Gasteiger partial charge in [-0.2, -0.15) is 0 Å². The minimum Gasteiger partial charge on any atom is -0.392 e. The molecule has 154 valence electrons. The van der Waals surface area contributed by atoms with Gasteiger partial charge in [0.05, 0.1) is 12.2 Å². The number of aryl methyl sites for hydroxylation is 1. The van der Waals surface area contributed by atoms with Gasteiger partial charge in [-0.25, -0.2) is 0 Å². The van der Waals surface area contributed by atoms with Crippen molar-refractivity contribution in [1.82, 2.24) is 10.2 Å². The number of aliphatic hydroxyl groups excluding tert-OH is 2. The molecular formula is C24H36N2O2. The average molecular weight is 385 g/mol. The van der Waals surface area contributed by atoms with Gasteiger partial charge in [0.15, 0.2) is 0 Å². The van der Waals surface area contributed by atoms with Crippen LogP contribution in [0.1, 0.15) is 24.0 Å². The summed E-state index contributed by atoms with van der Waals surface area (Å²) in [7, 11) is 4.18. The van der Waals surface area contributed by atoms with Gasteiger partial charge >= 0.3 is 0 Å². The Balaban J connectivity index is 1.50. The normalized spacial score (nSPS) is 28.1. The summed E-state index contributed by atoms with van der Waals surface area (Å²) in [5.74, 6) is 1.10. The highest BCUT2D eigenvalue weighted by atomic mass is 16.3. The van der Waals surface area contributed by atoms with E-state index in [1.807, 2.05) is 12.1 Å². The van der Waals surface area contributed by atoms with Crippen LogP contribution in [0.25, 0.3) is 0 Å². The second-order valence-electron chi connectivity index (χ2n) is 8.86. The molecule has 2 aliphatic rings. The van der Waals surface area contributed by atoms with Gasteiger partial charge < -0.3 is 20.4 Å². The number of benzene rings is 1. The SMILES string of the molecule is Cc1cccc(C[C@H](O)C=C[C@@H]2[C@H]3CC(CNCCN(C)C)=C[C@H]3C[C@H]2O)c1. The lowest BCUT2D eigenvalue weighted by Gasteiger charge is -2.19. The number of fused-ring (bicyclic) bond motifs is 1. The molecule has 0 bridgehead atoms. The smallest absolute Gasteiger partial charge is 0.0761 e. The van der Waals surface area contributed by atoms with Crippen LogP contribution in [-0.4, -0.2) is 61.1 Å². The molecule has 0 unspecified atom stereocenters. The van der Waals surface area contributed by atoms with E-state index < -0.39 is 6.10 Å². The van der Waals surface area contributed by atoms with Crippen LogP contribution in [0.5, 0.6) is 0 Å². The number of allylic oxidation sites excluding steroid dienone is 1. The van der Waals surface area contributed by atoms with Crippen molar-refractivity contribution < 1.29 is 10.2 Å². The fraction of sp³-hybridized carbons (Fsp3) is 0.583. The van der Waals surface area contributed by atoms with E-state index in [9.17, 15) is 10.2 Å². The largest absolute Gasteiger partial charge is 0.392 e. The van der Waals surface area contributed by atoms with E-state index in [4.69, 9.17) is 0 Å². The third-order valence-corrected chi connectivity index (χ3v) is 6.12. The number of rotatable bonds is 9. The summed E-state index contributed by atoms with van der Waals surface area (Å²) in [4.78, 5) is 2.18. The number of hydrogen-bond donors (Lipinski definition) is 3. The Morgan fingerprint density at radius 2 is 2.14 bits per heavy atom. The highest BCUT2D eigenvalue weighted by Crippen LogP contribution is 2.47. The quantitative estimate of drug-likeness (QED) is 0.452. The fourth-order valence-corrected chi connectivity index (χ4v) is 4.69. The molecule has 4 heteroatoms. The Hall–Kier alpha value is -1.46. The van der Waals surface area contributed by atoms with E-state index >= 15 is 0 Å². The summed E-state index contributed by atoms with van der Waals surface area (Å²) in [6.07, 6.45) is 8.07. The van der Waals surface area contributed by atoms with Crippen molar-refractivity contribution >= 4 is 0 Å². The maximum atomic E-state index is 10.5. The van der Waals surface area contributed by atoms with Crippen molar-refractivity contribution in [2.75, 3.05) is 33.7 Å². The molecular weight excluding hydrogens is 348 g/mol. The van der Waals surface area contributed by atoms with Crippen molar-refractivity contribution in [3.8, 4) is 0 Å². The molecule has 0 spiro atoms. The number of hydrogen-bond acceptors (Lipinski definition) is 4. The third-order valence-electron chi connectivity index (χ3n) is 6.12. The van der Waals surface area contributed by atoms with Crippen LogP contribution in [-0.2, 0) is 6.42 Å². The zero-order valence-corrected chi connectivity index (χ0v) is 17.5. The summed E-state index contributed by atoms with van der Waals surface area (Å²) in [5, 5.41) is 24.5. The van der Waals surface area contributed by atoms with Crippen LogP contribution in [0.15, 0.2) is 48.1 Å². The van der Waals surface area contributed by atoms with Crippen molar-refractivity contribution in [2.24, 2.45) is 17.8 Å². The molecule has 28 heavy (non-hydrogen) atoms. The van der Waals surface area contributed by atoms with Gasteiger partial charge in [0.25, 0.3) is 0 Å². The van der Waals surface area contributed by atoms with Crippen LogP contribution in [0.3, 0.4) is 0 Å². The predicted molar refractivity (Wildman–Crippen MR) is 115 cm³/mol. The first-order valence-electron chi connectivity index (χ1n) is 10.6. The highest BCUT2D eigenvalue weighted by molar-refractivity contribution is 5.24. The van der Waals surface area contributed by atoms with Gasteiger partial charge in [0.2, 0.25) is 0 Å². The first kappa shape index (κ1) is 21.3. The lowest BCUT2D eigenvalue weighted by atomic mass is 9.89. The van der Waals surface area contributed by atoms with Crippen LogP contribution in [0, 0.1) is 24.7 Å². The molecule has 0 aliphatic heterocycles. The zero-order valence-electron chi connectivity index (χ0n) is 17.5. The standard InChI is InChI=1S/C24H36N2O2/c1-17-5-4-6-18(11-17)13-21(27)7-8-22-23-14-19(12-20(23)15-24(22)28)16-25-9-10-26(2)3/h4-8,11-12,20-25,27-28H,9-10,13-16H2,1-3H3/t20-,21+,22+,23-,24+/m0/s1. The number of nitrogens with zero attached hydrogens (tertiary/aromatic N) is 1. The Kier molecular flexibility index (Phi) is 7.47. The second kappa shape index (κ2) is 9.84. The molecule has 0 saturated heterocycles. The summed E-state index contributed by atoms with van der Waals surface area (Å²) in [6.45, 7) is 5.06. The van der Waals surface area contributed by atoms with Crippen molar-refractivity contribution in [3.63, 3.8) is 0 Å². The second-order valence-corrected chi connectivity index (χ2v) is 8.86. The van der Waals surface area contributed by atoms with Crippen molar-refractivity contribution in [1.29, 1.82) is 0 Å². The topological polar surface area (TPSA) is 55.7 Å². The summed E-state index contributed by atoms with van der Waals surface area (Å²) in [5.41, 5.74) is 3.83. The number of likely N-dealkylation sites (N-methyl/N-ethyl adjacent to an activating group) is 1. The van der Waals surface area contributed by atoms with E-state index in [1.54, 1.807) is 0 Å². The first-order chi connectivity index (χ1) is 13.4. The average Bonchev–Trinajstić information content (AvgIpc) is 3.13. The molecule has 1 aromatic carbocycles. The summed E-state index contributed by atoms with van der Waals surface area (Å²) < 4.78 is 0. The van der Waals surface area contributed by atoms with E-state index in [0.717, 1.165) is 38.0 Å². The van der Waals surface area contributed by atoms with Gasteiger partial charge in [-0.1, -0.05) is 53.6 Å². The van der Waals surface area contributed by atoms with Gasteiger partial charge in [-0.3, -0.25) is 0 Å². The Bertz CT molecular complexity index is 698. The lowest BCUT2D eigenvalue weighted by Crippen LogP contribution is -2.28. The maximum absolute atomic E-state index is 10.5. The highest BCUT2D eigenvalue weighted by Gasteiger charge is 2.43. The Morgan fingerprint density at radius 3 is 2.89 bits per heavy atom. The monoisotopic (exact) mass is 384 g/mol. The molecule has 0 aromatic heterocycles. The van der Waals surface area contributed by atoms with E-state index in [2.05, 4.69) is 61.6 Å². The van der Waals surface area contributed by atoms with E-state index in [1.165, 1.54) is 11.1 Å². The van der Waals surface area contributed by atoms with Gasteiger partial charge in [0.1, 0.15) is 0 Å². The van der Waals surface area contributed by atoms with Crippen molar-refractivity contribution in [3.05, 3.63) is 59.2 Å². The zero-order chi connectivity index (χ0) is 20.1. The molecule has 0 amide bonds. The molecule has 3 rings (SSSR count). The molecule has 4 nitrogen and oxygen atoms in total. The fourth-order valence-electron chi connectivity index (χ4n) is 4.69. The summed E-state index contributed by atoms with van der Waals surface area (Å²) in [6, 6.07) is 8.28.